The zero-order valence-corrected chi connectivity index (χ0v) is 13.3. The molecule has 0 bridgehead atoms. The highest BCUT2D eigenvalue weighted by Gasteiger charge is 2.28. The first-order valence-corrected chi connectivity index (χ1v) is 7.43. The summed E-state index contributed by atoms with van der Waals surface area (Å²) in [6, 6.07) is 10.7. The molecular weight excluding hydrogens is 363 g/mol. The Morgan fingerprint density at radius 2 is 1.85 bits per heavy atom. The van der Waals surface area contributed by atoms with Crippen molar-refractivity contribution in [1.29, 1.82) is 0 Å². The molecule has 6 heteroatoms. The average molecular weight is 372 g/mol. The molecule has 0 aliphatic carbocycles. The summed E-state index contributed by atoms with van der Waals surface area (Å²) >= 11 is 15.8. The second kappa shape index (κ2) is 5.28. The zero-order chi connectivity index (χ0) is 14.3. The van der Waals surface area contributed by atoms with E-state index in [0.29, 0.717) is 22.3 Å². The van der Waals surface area contributed by atoms with Gasteiger partial charge in [0.15, 0.2) is 0 Å². The molecule has 0 saturated carbocycles. The lowest BCUT2D eigenvalue weighted by atomic mass is 10.1. The van der Waals surface area contributed by atoms with Gasteiger partial charge in [-0.05, 0) is 35.9 Å². The van der Waals surface area contributed by atoms with Gasteiger partial charge in [0.1, 0.15) is 0 Å². The Balaban J connectivity index is 2.21. The number of para-hydroxylation sites is 1. The maximum atomic E-state index is 12.2. The van der Waals surface area contributed by atoms with Crippen molar-refractivity contribution >= 4 is 56.5 Å². The molecule has 1 aliphatic heterocycles. The van der Waals surface area contributed by atoms with E-state index in [2.05, 4.69) is 21.2 Å². The summed E-state index contributed by atoms with van der Waals surface area (Å²) in [7, 11) is 0. The number of carbonyl (C=O) groups excluding carboxylic acids is 1. The van der Waals surface area contributed by atoms with Crippen LogP contribution in [0.5, 0.6) is 0 Å². The van der Waals surface area contributed by atoms with Gasteiger partial charge in [-0.25, -0.2) is 4.79 Å². The molecule has 1 aliphatic rings. The number of hydrogen-bond donors (Lipinski definition) is 1. The molecule has 0 spiro atoms. The molecule has 1 heterocycles. The van der Waals surface area contributed by atoms with Crippen LogP contribution in [0, 0.1) is 0 Å². The number of urea groups is 1. The number of nitrogens with zero attached hydrogens (tertiary/aromatic N) is 1. The number of nitrogens with one attached hydrogen (secondary N) is 1. The van der Waals surface area contributed by atoms with E-state index < -0.39 is 0 Å². The van der Waals surface area contributed by atoms with Crippen molar-refractivity contribution in [2.45, 2.75) is 6.54 Å². The van der Waals surface area contributed by atoms with Gasteiger partial charge in [-0.1, -0.05) is 45.2 Å². The van der Waals surface area contributed by atoms with E-state index in [1.165, 1.54) is 4.90 Å². The van der Waals surface area contributed by atoms with Gasteiger partial charge in [0.05, 0.1) is 21.4 Å². The number of hydrogen-bond acceptors (Lipinski definition) is 1. The van der Waals surface area contributed by atoms with E-state index in [1.54, 1.807) is 18.2 Å². The first-order valence-electron chi connectivity index (χ1n) is 5.88. The summed E-state index contributed by atoms with van der Waals surface area (Å²) < 4.78 is 0.956. The second-order valence-electron chi connectivity index (χ2n) is 4.34. The molecule has 102 valence electrons. The lowest BCUT2D eigenvalue weighted by molar-refractivity contribution is 0.247. The van der Waals surface area contributed by atoms with Crippen LogP contribution >= 0.6 is 39.1 Å². The lowest BCUT2D eigenvalue weighted by Crippen LogP contribution is -2.41. The van der Waals surface area contributed by atoms with Gasteiger partial charge in [-0.2, -0.15) is 0 Å². The molecule has 1 N–H and O–H groups in total. The molecule has 0 fully saturated rings. The van der Waals surface area contributed by atoms with Crippen LogP contribution < -0.4 is 10.2 Å². The molecule has 3 rings (SSSR count). The SMILES string of the molecule is O=C1NCc2cc(Br)ccc2N1c1c(Cl)cccc1Cl. The highest BCUT2D eigenvalue weighted by atomic mass is 79.9. The Labute approximate surface area is 134 Å². The fraction of sp³-hybridized carbons (Fsp3) is 0.0714. The van der Waals surface area contributed by atoms with Crippen molar-refractivity contribution < 1.29 is 4.79 Å². The summed E-state index contributed by atoms with van der Waals surface area (Å²) in [5, 5.41) is 3.68. The van der Waals surface area contributed by atoms with E-state index in [4.69, 9.17) is 23.2 Å². The molecule has 0 saturated heterocycles. The molecule has 2 amide bonds. The molecule has 2 aromatic carbocycles. The number of fused-ring (bicyclic) bond motifs is 1. The van der Waals surface area contributed by atoms with Gasteiger partial charge >= 0.3 is 6.03 Å². The van der Waals surface area contributed by atoms with E-state index in [-0.39, 0.29) is 6.03 Å². The van der Waals surface area contributed by atoms with Gasteiger partial charge in [0.25, 0.3) is 0 Å². The third-order valence-electron chi connectivity index (χ3n) is 3.08. The van der Waals surface area contributed by atoms with Crippen LogP contribution in [0.25, 0.3) is 0 Å². The van der Waals surface area contributed by atoms with Gasteiger partial charge in [0.2, 0.25) is 0 Å². The Kier molecular flexibility index (Phi) is 3.63. The molecule has 0 aromatic heterocycles. The summed E-state index contributed by atoms with van der Waals surface area (Å²) in [6.07, 6.45) is 0. The number of anilines is 2. The number of benzene rings is 2. The van der Waals surface area contributed by atoms with Crippen molar-refractivity contribution in [3.05, 3.63) is 56.5 Å². The number of rotatable bonds is 1. The minimum Gasteiger partial charge on any atom is -0.333 e. The Bertz CT molecular complexity index is 685. The normalized spacial score (nSPS) is 13.9. The van der Waals surface area contributed by atoms with Crippen LogP contribution in [0.15, 0.2) is 40.9 Å². The van der Waals surface area contributed by atoms with Crippen molar-refractivity contribution in [2.75, 3.05) is 4.90 Å². The quantitative estimate of drug-likeness (QED) is 0.741. The summed E-state index contributed by atoms with van der Waals surface area (Å²) in [4.78, 5) is 13.7. The molecule has 20 heavy (non-hydrogen) atoms. The van der Waals surface area contributed by atoms with E-state index in [0.717, 1.165) is 15.7 Å². The second-order valence-corrected chi connectivity index (χ2v) is 6.07. The summed E-state index contributed by atoms with van der Waals surface area (Å²) in [5.74, 6) is 0. The predicted octanol–water partition coefficient (Wildman–Crippen LogP) is 5.12. The molecule has 0 unspecified atom stereocenters. The van der Waals surface area contributed by atoms with E-state index in [1.807, 2.05) is 18.2 Å². The van der Waals surface area contributed by atoms with E-state index in [9.17, 15) is 4.79 Å². The van der Waals surface area contributed by atoms with Crippen LogP contribution in [0.3, 0.4) is 0 Å². The average Bonchev–Trinajstić information content (AvgIpc) is 2.41. The first kappa shape index (κ1) is 13.7. The van der Waals surface area contributed by atoms with Gasteiger partial charge in [0, 0.05) is 11.0 Å². The zero-order valence-electron chi connectivity index (χ0n) is 10.2. The standard InChI is InChI=1S/C14H9BrCl2N2O/c15-9-4-5-12-8(6-9)7-18-14(20)19(12)13-10(16)2-1-3-11(13)17/h1-6H,7H2,(H,18,20). The van der Waals surface area contributed by atoms with E-state index >= 15 is 0 Å². The minimum absolute atomic E-state index is 0.241. The van der Waals surface area contributed by atoms with Gasteiger partial charge in [-0.3, -0.25) is 4.90 Å². The summed E-state index contributed by atoms with van der Waals surface area (Å²) in [6.45, 7) is 0.478. The smallest absolute Gasteiger partial charge is 0.326 e. The maximum Gasteiger partial charge on any atom is 0.326 e. The highest BCUT2D eigenvalue weighted by molar-refractivity contribution is 9.10. The Hall–Kier alpha value is -1.23. The van der Waals surface area contributed by atoms with Crippen molar-refractivity contribution in [2.24, 2.45) is 0 Å². The van der Waals surface area contributed by atoms with Gasteiger partial charge < -0.3 is 5.32 Å². The lowest BCUT2D eigenvalue weighted by Gasteiger charge is -2.31. The third kappa shape index (κ3) is 2.28. The molecule has 0 atom stereocenters. The highest BCUT2D eigenvalue weighted by Crippen LogP contribution is 2.41. The molecule has 0 radical (unpaired) electrons. The van der Waals surface area contributed by atoms with Crippen LogP contribution in [0.1, 0.15) is 5.56 Å². The number of amides is 2. The number of carbonyl (C=O) groups is 1. The fourth-order valence-electron chi connectivity index (χ4n) is 2.20. The number of halogens is 3. The maximum absolute atomic E-state index is 12.2. The monoisotopic (exact) mass is 370 g/mol. The third-order valence-corrected chi connectivity index (χ3v) is 4.18. The van der Waals surface area contributed by atoms with Gasteiger partial charge in [-0.15, -0.1) is 0 Å². The van der Waals surface area contributed by atoms with Crippen molar-refractivity contribution in [3.8, 4) is 0 Å². The fourth-order valence-corrected chi connectivity index (χ4v) is 3.17. The predicted molar refractivity (Wildman–Crippen MR) is 85.0 cm³/mol. The largest absolute Gasteiger partial charge is 0.333 e. The topological polar surface area (TPSA) is 32.3 Å². The first-order chi connectivity index (χ1) is 9.58. The summed E-state index contributed by atoms with van der Waals surface area (Å²) in [5.41, 5.74) is 2.28. The molecule has 2 aromatic rings. The Morgan fingerprint density at radius 1 is 1.15 bits per heavy atom. The van der Waals surface area contributed by atoms with Crippen LogP contribution in [-0.2, 0) is 6.54 Å². The van der Waals surface area contributed by atoms with Crippen LogP contribution in [0.4, 0.5) is 16.2 Å². The minimum atomic E-state index is -0.241. The van der Waals surface area contributed by atoms with Crippen LogP contribution in [0.2, 0.25) is 10.0 Å². The molecular formula is C14H9BrCl2N2O. The van der Waals surface area contributed by atoms with Crippen molar-refractivity contribution in [1.82, 2.24) is 5.32 Å². The van der Waals surface area contributed by atoms with Crippen LogP contribution in [-0.4, -0.2) is 6.03 Å². The van der Waals surface area contributed by atoms with Crippen molar-refractivity contribution in [3.63, 3.8) is 0 Å². The molecule has 3 nitrogen and oxygen atoms in total. The Morgan fingerprint density at radius 3 is 2.55 bits per heavy atom.